The van der Waals surface area contributed by atoms with Crippen LogP contribution in [0, 0.1) is 10.1 Å². The van der Waals surface area contributed by atoms with Crippen molar-refractivity contribution in [3.8, 4) is 0 Å². The highest BCUT2D eigenvalue weighted by molar-refractivity contribution is 5.68. The molecule has 0 unspecified atom stereocenters. The van der Waals surface area contributed by atoms with E-state index < -0.39 is 4.92 Å². The Morgan fingerprint density at radius 1 is 1.24 bits per heavy atom. The van der Waals surface area contributed by atoms with Crippen LogP contribution in [-0.2, 0) is 0 Å². The number of aromatic nitrogens is 2. The minimum absolute atomic E-state index is 0.0532. The first-order chi connectivity index (χ1) is 10.1. The van der Waals surface area contributed by atoms with E-state index in [0.29, 0.717) is 11.6 Å². The van der Waals surface area contributed by atoms with Crippen molar-refractivity contribution in [2.75, 3.05) is 0 Å². The van der Waals surface area contributed by atoms with Crippen LogP contribution in [0.3, 0.4) is 0 Å². The van der Waals surface area contributed by atoms with Gasteiger partial charge >= 0.3 is 0 Å². The van der Waals surface area contributed by atoms with Crippen LogP contribution >= 0.6 is 0 Å². The first-order valence-corrected chi connectivity index (χ1v) is 6.65. The van der Waals surface area contributed by atoms with Gasteiger partial charge in [-0.15, -0.1) is 0 Å². The summed E-state index contributed by atoms with van der Waals surface area (Å²) in [7, 11) is 0. The van der Waals surface area contributed by atoms with Gasteiger partial charge in [0.2, 0.25) is 0 Å². The van der Waals surface area contributed by atoms with Gasteiger partial charge in [0.15, 0.2) is 0 Å². The highest BCUT2D eigenvalue weighted by atomic mass is 16.6. The molecule has 1 heterocycles. The lowest BCUT2D eigenvalue weighted by Gasteiger charge is -1.99. The summed E-state index contributed by atoms with van der Waals surface area (Å²) in [5.41, 5.74) is 1.31. The van der Waals surface area contributed by atoms with E-state index in [1.807, 2.05) is 0 Å². The summed E-state index contributed by atoms with van der Waals surface area (Å²) in [5.74, 6) is 1.12. The van der Waals surface area contributed by atoms with Gasteiger partial charge in [0.1, 0.15) is 5.82 Å². The third-order valence-corrected chi connectivity index (χ3v) is 3.29. The number of nitrogens with zero attached hydrogens (tertiary/aromatic N) is 2. The lowest BCUT2D eigenvalue weighted by Crippen LogP contribution is -2.10. The number of nitro groups is 1. The Balaban J connectivity index is 1.82. The molecule has 6 heteroatoms. The monoisotopic (exact) mass is 283 g/mol. The van der Waals surface area contributed by atoms with Crippen LogP contribution in [-0.4, -0.2) is 14.9 Å². The van der Waals surface area contributed by atoms with E-state index >= 15 is 0 Å². The summed E-state index contributed by atoms with van der Waals surface area (Å²) in [4.78, 5) is 28.9. The third kappa shape index (κ3) is 3.22. The molecule has 1 aliphatic carbocycles. The molecule has 21 heavy (non-hydrogen) atoms. The van der Waals surface area contributed by atoms with Crippen molar-refractivity contribution in [1.82, 2.24) is 9.97 Å². The maximum absolute atomic E-state index is 11.6. The molecule has 0 radical (unpaired) electrons. The number of non-ortho nitro benzene ring substituents is 1. The van der Waals surface area contributed by atoms with Crippen molar-refractivity contribution < 1.29 is 4.92 Å². The van der Waals surface area contributed by atoms with E-state index in [9.17, 15) is 14.9 Å². The largest absolute Gasteiger partial charge is 0.310 e. The zero-order valence-electron chi connectivity index (χ0n) is 11.2. The van der Waals surface area contributed by atoms with Crippen molar-refractivity contribution in [1.29, 1.82) is 0 Å². The number of nitrogens with one attached hydrogen (secondary N) is 1. The molecule has 1 N–H and O–H groups in total. The lowest BCUT2D eigenvalue weighted by atomic mass is 10.2. The number of nitro benzene ring substituents is 1. The van der Waals surface area contributed by atoms with Crippen molar-refractivity contribution in [2.24, 2.45) is 0 Å². The molecule has 1 aromatic carbocycles. The van der Waals surface area contributed by atoms with E-state index in [1.54, 1.807) is 24.3 Å². The fourth-order valence-electron chi connectivity index (χ4n) is 2.02. The van der Waals surface area contributed by atoms with E-state index in [-0.39, 0.29) is 11.2 Å². The number of rotatable bonds is 4. The number of hydrogen-bond donors (Lipinski definition) is 1. The Bertz CT molecular complexity index is 758. The van der Waals surface area contributed by atoms with Gasteiger partial charge in [-0.2, -0.15) is 0 Å². The molecule has 0 amide bonds. The maximum atomic E-state index is 11.6. The van der Waals surface area contributed by atoms with Crippen LogP contribution in [0.15, 0.2) is 35.1 Å². The normalized spacial score (nSPS) is 14.5. The number of hydrogen-bond acceptors (Lipinski definition) is 4. The quantitative estimate of drug-likeness (QED) is 0.690. The SMILES string of the molecule is O=c1cc(C=Cc2ccc([N+](=O)[O-])cc2)nc(C2CC2)[nH]1. The highest BCUT2D eigenvalue weighted by Crippen LogP contribution is 2.37. The highest BCUT2D eigenvalue weighted by Gasteiger charge is 2.26. The predicted octanol–water partition coefficient (Wildman–Crippen LogP) is 2.73. The average Bonchev–Trinajstić information content (AvgIpc) is 3.29. The molecule has 106 valence electrons. The Morgan fingerprint density at radius 2 is 1.95 bits per heavy atom. The standard InChI is InChI=1S/C15H13N3O3/c19-14-9-12(16-15(17-14)11-4-5-11)6-1-10-2-7-13(8-3-10)18(20)21/h1-3,6-9,11H,4-5H2,(H,16,17,19). The Morgan fingerprint density at radius 3 is 2.57 bits per heavy atom. The van der Waals surface area contributed by atoms with E-state index in [2.05, 4.69) is 9.97 Å². The summed E-state index contributed by atoms with van der Waals surface area (Å²) in [6, 6.07) is 7.64. The fourth-order valence-corrected chi connectivity index (χ4v) is 2.02. The van der Waals surface area contributed by atoms with Gasteiger partial charge in [-0.3, -0.25) is 14.9 Å². The molecule has 1 saturated carbocycles. The zero-order chi connectivity index (χ0) is 14.8. The molecular weight excluding hydrogens is 270 g/mol. The number of H-pyrrole nitrogens is 1. The predicted molar refractivity (Wildman–Crippen MR) is 78.9 cm³/mol. The minimum Gasteiger partial charge on any atom is -0.310 e. The van der Waals surface area contributed by atoms with Crippen LogP contribution in [0.1, 0.15) is 35.8 Å². The molecule has 1 aromatic heterocycles. The molecule has 0 spiro atoms. The molecule has 0 bridgehead atoms. The van der Waals surface area contributed by atoms with Crippen LogP contribution in [0.4, 0.5) is 5.69 Å². The molecular formula is C15H13N3O3. The number of benzene rings is 1. The number of aromatic amines is 1. The molecule has 1 aliphatic rings. The lowest BCUT2D eigenvalue weighted by molar-refractivity contribution is -0.384. The second kappa shape index (κ2) is 5.32. The van der Waals surface area contributed by atoms with Crippen LogP contribution in [0.25, 0.3) is 12.2 Å². The van der Waals surface area contributed by atoms with Crippen molar-refractivity contribution in [3.63, 3.8) is 0 Å². The summed E-state index contributed by atoms with van der Waals surface area (Å²) < 4.78 is 0. The van der Waals surface area contributed by atoms with Gasteiger partial charge in [-0.1, -0.05) is 6.08 Å². The second-order valence-corrected chi connectivity index (χ2v) is 5.01. The summed E-state index contributed by atoms with van der Waals surface area (Å²) in [6.45, 7) is 0. The van der Waals surface area contributed by atoms with E-state index in [4.69, 9.17) is 0 Å². The van der Waals surface area contributed by atoms with Crippen LogP contribution in [0.2, 0.25) is 0 Å². The molecule has 0 atom stereocenters. The van der Waals surface area contributed by atoms with Gasteiger partial charge in [-0.25, -0.2) is 4.98 Å². The zero-order valence-corrected chi connectivity index (χ0v) is 11.2. The van der Waals surface area contributed by atoms with Gasteiger partial charge in [0, 0.05) is 24.1 Å². The van der Waals surface area contributed by atoms with E-state index in [1.165, 1.54) is 18.2 Å². The third-order valence-electron chi connectivity index (χ3n) is 3.29. The van der Waals surface area contributed by atoms with E-state index in [0.717, 1.165) is 24.2 Å². The first kappa shape index (κ1) is 13.2. The van der Waals surface area contributed by atoms with Gasteiger partial charge in [0.05, 0.1) is 10.6 Å². The Hall–Kier alpha value is -2.76. The van der Waals surface area contributed by atoms with Gasteiger partial charge in [0.25, 0.3) is 11.2 Å². The van der Waals surface area contributed by atoms with Crippen molar-refractivity contribution in [3.05, 3.63) is 67.9 Å². The second-order valence-electron chi connectivity index (χ2n) is 5.01. The van der Waals surface area contributed by atoms with Crippen LogP contribution in [0.5, 0.6) is 0 Å². The van der Waals surface area contributed by atoms with Crippen molar-refractivity contribution >= 4 is 17.8 Å². The molecule has 0 saturated heterocycles. The molecule has 0 aliphatic heterocycles. The maximum Gasteiger partial charge on any atom is 0.269 e. The molecule has 6 nitrogen and oxygen atoms in total. The molecule has 2 aromatic rings. The summed E-state index contributed by atoms with van der Waals surface area (Å²) in [6.07, 6.45) is 5.65. The molecule has 1 fully saturated rings. The van der Waals surface area contributed by atoms with Gasteiger partial charge < -0.3 is 4.98 Å². The topological polar surface area (TPSA) is 88.9 Å². The molecule has 3 rings (SSSR count). The fraction of sp³-hybridized carbons (Fsp3) is 0.200. The summed E-state index contributed by atoms with van der Waals surface area (Å²) >= 11 is 0. The Labute approximate surface area is 120 Å². The average molecular weight is 283 g/mol. The first-order valence-electron chi connectivity index (χ1n) is 6.65. The summed E-state index contributed by atoms with van der Waals surface area (Å²) in [5, 5.41) is 10.6. The minimum atomic E-state index is -0.437. The van der Waals surface area contributed by atoms with Gasteiger partial charge in [-0.05, 0) is 36.6 Å². The van der Waals surface area contributed by atoms with Crippen molar-refractivity contribution in [2.45, 2.75) is 18.8 Å². The smallest absolute Gasteiger partial charge is 0.269 e. The Kier molecular flexibility index (Phi) is 3.35. The van der Waals surface area contributed by atoms with Crippen LogP contribution < -0.4 is 5.56 Å².